The highest BCUT2D eigenvalue weighted by atomic mass is 32.2. The Hall–Kier alpha value is -1.10. The number of nitrogens with zero attached hydrogens (tertiary/aromatic N) is 1. The van der Waals surface area contributed by atoms with Crippen molar-refractivity contribution in [3.05, 3.63) is 22.2 Å². The molecule has 0 aromatic rings. The number of thioether (sulfide) groups is 2. The van der Waals surface area contributed by atoms with E-state index >= 15 is 0 Å². The first-order chi connectivity index (χ1) is 10.2. The molecule has 2 aliphatic heterocycles. The molecule has 2 aliphatic rings. The lowest BCUT2D eigenvalue weighted by molar-refractivity contribution is -0.386. The Balaban J connectivity index is 0.000000422. The van der Waals surface area contributed by atoms with E-state index in [0.717, 1.165) is 22.4 Å². The van der Waals surface area contributed by atoms with Crippen LogP contribution in [0.2, 0.25) is 0 Å². The first-order valence-electron chi connectivity index (χ1n) is 6.29. The first kappa shape index (κ1) is 19.0. The molecule has 124 valence electrons. The van der Waals surface area contributed by atoms with Gasteiger partial charge in [0, 0.05) is 11.5 Å². The summed E-state index contributed by atoms with van der Waals surface area (Å²) in [6.45, 7) is 3.07. The number of halogens is 4. The third-order valence-corrected chi connectivity index (χ3v) is 4.08. The van der Waals surface area contributed by atoms with E-state index in [1.807, 2.05) is 18.6 Å². The van der Waals surface area contributed by atoms with Crippen LogP contribution in [0.4, 0.5) is 17.3 Å². The van der Waals surface area contributed by atoms with Crippen LogP contribution < -0.4 is 4.99 Å². The summed E-state index contributed by atoms with van der Waals surface area (Å²) >= 11 is 3.31. The molecule has 4 nitrogen and oxygen atoms in total. The molecule has 2 heterocycles. The van der Waals surface area contributed by atoms with Crippen molar-refractivity contribution in [3.63, 3.8) is 0 Å². The number of carbonyl (C=O) groups excluding carboxylic acids is 1. The van der Waals surface area contributed by atoms with Crippen molar-refractivity contribution in [1.82, 2.24) is 4.90 Å². The topological polar surface area (TPSA) is 43.5 Å². The van der Waals surface area contributed by atoms with Gasteiger partial charge in [0.05, 0.1) is 6.61 Å². The van der Waals surface area contributed by atoms with Crippen LogP contribution in [0.5, 0.6) is 0 Å². The van der Waals surface area contributed by atoms with E-state index in [0.29, 0.717) is 13.0 Å². The van der Waals surface area contributed by atoms with Crippen LogP contribution in [-0.4, -0.2) is 42.7 Å². The summed E-state index contributed by atoms with van der Waals surface area (Å²) in [6.07, 6.45) is 4.51. The minimum atomic E-state index is -6.00. The third kappa shape index (κ3) is 6.78. The Morgan fingerprint density at radius 3 is 2.68 bits per heavy atom. The van der Waals surface area contributed by atoms with Crippen LogP contribution in [0.15, 0.2) is 22.2 Å². The van der Waals surface area contributed by atoms with E-state index in [1.54, 1.807) is 23.5 Å². The maximum atomic E-state index is 11.4. The summed E-state index contributed by atoms with van der Waals surface area (Å²) < 4.78 is 44.0. The Labute approximate surface area is 134 Å². The second kappa shape index (κ2) is 8.51. The highest BCUT2D eigenvalue weighted by Gasteiger charge is 2.34. The van der Waals surface area contributed by atoms with E-state index in [9.17, 15) is 22.1 Å². The SMILES string of the molecule is CCOC(=O)CC1=CSC2=[NH+]C(SC)=CCN12.F[B-](F)(F)F. The average molecular weight is 358 g/mol. The van der Waals surface area contributed by atoms with Gasteiger partial charge in [0.2, 0.25) is 0 Å². The minimum Gasteiger partial charge on any atom is -0.466 e. The van der Waals surface area contributed by atoms with Gasteiger partial charge in [-0.3, -0.25) is 4.79 Å². The summed E-state index contributed by atoms with van der Waals surface area (Å²) in [5.41, 5.74) is 1.01. The number of rotatable bonds is 4. The van der Waals surface area contributed by atoms with E-state index in [2.05, 4.69) is 16.0 Å². The van der Waals surface area contributed by atoms with Crippen molar-refractivity contribution in [2.75, 3.05) is 19.4 Å². The Morgan fingerprint density at radius 2 is 2.14 bits per heavy atom. The molecule has 0 unspecified atom stereocenters. The van der Waals surface area contributed by atoms with Crippen LogP contribution in [0.25, 0.3) is 0 Å². The second-order valence-corrected chi connectivity index (χ2v) is 5.72. The second-order valence-electron chi connectivity index (χ2n) is 4.02. The number of hydrogen-bond acceptors (Lipinski definition) is 5. The molecule has 0 aliphatic carbocycles. The zero-order valence-corrected chi connectivity index (χ0v) is 13.6. The fourth-order valence-corrected chi connectivity index (χ4v) is 3.09. The largest absolute Gasteiger partial charge is 0.673 e. The normalized spacial score (nSPS) is 16.8. The van der Waals surface area contributed by atoms with Gasteiger partial charge in [0.25, 0.3) is 0 Å². The molecule has 11 heteroatoms. The zero-order valence-electron chi connectivity index (χ0n) is 11.9. The quantitative estimate of drug-likeness (QED) is 0.472. The molecule has 0 saturated carbocycles. The van der Waals surface area contributed by atoms with Crippen molar-refractivity contribution in [1.29, 1.82) is 0 Å². The Kier molecular flexibility index (Phi) is 7.34. The molecule has 0 aromatic heterocycles. The van der Waals surface area contributed by atoms with Gasteiger partial charge in [-0.25, -0.2) is 9.89 Å². The van der Waals surface area contributed by atoms with Crippen molar-refractivity contribution < 1.29 is 31.8 Å². The van der Waals surface area contributed by atoms with Crippen molar-refractivity contribution >= 4 is 41.9 Å². The molecule has 0 atom stereocenters. The maximum Gasteiger partial charge on any atom is 0.673 e. The standard InChI is InChI=1S/C11H14N2O2S2.BF4/c1-3-15-10(14)6-8-7-17-11-12-9(16-2)4-5-13(8)11;2-1(3,4)5/h4,7H,3,5-6H2,1-2H3;/q;-1/p+1. The van der Waals surface area contributed by atoms with Gasteiger partial charge in [-0.2, -0.15) is 0 Å². The number of carbonyl (C=O) groups is 1. The number of nitrogens with one attached hydrogen (secondary N) is 1. The Bertz CT molecular complexity index is 503. The predicted molar refractivity (Wildman–Crippen MR) is 81.4 cm³/mol. The van der Waals surface area contributed by atoms with Gasteiger partial charge in [-0.1, -0.05) is 11.8 Å². The first-order valence-corrected chi connectivity index (χ1v) is 8.39. The number of ether oxygens (including phenoxy) is 1. The average Bonchev–Trinajstić information content (AvgIpc) is 2.79. The number of hydrogen-bond donors (Lipinski definition) is 1. The molecule has 0 bridgehead atoms. The number of esters is 1. The van der Waals surface area contributed by atoms with Crippen LogP contribution >= 0.6 is 23.5 Å². The lowest BCUT2D eigenvalue weighted by Gasteiger charge is -2.16. The fourth-order valence-electron chi connectivity index (χ4n) is 1.64. The molecule has 0 fully saturated rings. The molecule has 0 aromatic carbocycles. The molecule has 22 heavy (non-hydrogen) atoms. The van der Waals surface area contributed by atoms with E-state index in [-0.39, 0.29) is 5.97 Å². The van der Waals surface area contributed by atoms with Gasteiger partial charge < -0.3 is 22.0 Å². The van der Waals surface area contributed by atoms with Gasteiger partial charge >= 0.3 is 18.4 Å². The molecule has 0 spiro atoms. The third-order valence-electron chi connectivity index (χ3n) is 2.44. The van der Waals surface area contributed by atoms with E-state index < -0.39 is 7.25 Å². The fraction of sp³-hybridized carbons (Fsp3) is 0.455. The molecular formula is C11H15BF4N2O2S2. The highest BCUT2D eigenvalue weighted by molar-refractivity contribution is 8.16. The predicted octanol–water partition coefficient (Wildman–Crippen LogP) is 1.78. The summed E-state index contributed by atoms with van der Waals surface area (Å²) in [5.74, 6) is -0.166. The minimum absolute atomic E-state index is 0.166. The van der Waals surface area contributed by atoms with Gasteiger partial charge in [0.1, 0.15) is 18.7 Å². The molecular weight excluding hydrogens is 343 g/mol. The van der Waals surface area contributed by atoms with Crippen LogP contribution in [0.1, 0.15) is 13.3 Å². The lowest BCUT2D eigenvalue weighted by atomic mass is 10.3. The summed E-state index contributed by atoms with van der Waals surface area (Å²) in [4.78, 5) is 16.9. The van der Waals surface area contributed by atoms with E-state index in [4.69, 9.17) is 4.74 Å². The molecule has 1 N–H and O–H groups in total. The van der Waals surface area contributed by atoms with Gasteiger partial charge in [-0.15, -0.1) is 0 Å². The summed E-state index contributed by atoms with van der Waals surface area (Å²) in [6, 6.07) is 0. The van der Waals surface area contributed by atoms with Gasteiger partial charge in [-0.05, 0) is 24.9 Å². The van der Waals surface area contributed by atoms with Crippen molar-refractivity contribution in [3.8, 4) is 0 Å². The molecule has 2 rings (SSSR count). The maximum absolute atomic E-state index is 11.4. The van der Waals surface area contributed by atoms with Gasteiger partial charge in [0.15, 0.2) is 5.03 Å². The number of fused-ring (bicyclic) bond motifs is 1. The summed E-state index contributed by atoms with van der Waals surface area (Å²) in [7, 11) is -6.00. The summed E-state index contributed by atoms with van der Waals surface area (Å²) in [5, 5.41) is 4.25. The number of amidine groups is 1. The van der Waals surface area contributed by atoms with Crippen LogP contribution in [0.3, 0.4) is 0 Å². The molecule has 0 amide bonds. The van der Waals surface area contributed by atoms with Crippen molar-refractivity contribution in [2.45, 2.75) is 13.3 Å². The zero-order chi connectivity index (χ0) is 16.8. The van der Waals surface area contributed by atoms with Crippen LogP contribution in [0, 0.1) is 0 Å². The smallest absolute Gasteiger partial charge is 0.466 e. The highest BCUT2D eigenvalue weighted by Crippen LogP contribution is 2.27. The lowest BCUT2D eigenvalue weighted by Crippen LogP contribution is -2.73. The van der Waals surface area contributed by atoms with Crippen LogP contribution in [-0.2, 0) is 9.53 Å². The Morgan fingerprint density at radius 1 is 1.50 bits per heavy atom. The van der Waals surface area contributed by atoms with Crippen molar-refractivity contribution in [2.24, 2.45) is 0 Å². The molecule has 0 saturated heterocycles. The van der Waals surface area contributed by atoms with E-state index in [1.165, 1.54) is 0 Å². The molecule has 0 radical (unpaired) electrons. The monoisotopic (exact) mass is 358 g/mol.